The Balaban J connectivity index is 1.31. The van der Waals surface area contributed by atoms with Crippen molar-refractivity contribution < 1.29 is 13.5 Å². The van der Waals surface area contributed by atoms with Crippen LogP contribution in [0.2, 0.25) is 0 Å². The molecule has 0 aromatic heterocycles. The van der Waals surface area contributed by atoms with E-state index in [-0.39, 0.29) is 0 Å². The number of rotatable bonds is 11. The molecular weight excluding hydrogens is 404 g/mol. The van der Waals surface area contributed by atoms with E-state index in [1.807, 2.05) is 6.08 Å². The monoisotopic (exact) mass is 443 g/mol. The van der Waals surface area contributed by atoms with Crippen molar-refractivity contribution in [3.05, 3.63) is 47.5 Å². The molecule has 0 saturated heterocycles. The Labute approximate surface area is 193 Å². The predicted molar refractivity (Wildman–Crippen MR) is 125 cm³/mol. The van der Waals surface area contributed by atoms with E-state index in [4.69, 9.17) is 10.00 Å². The first-order valence-electron chi connectivity index (χ1n) is 12.7. The summed E-state index contributed by atoms with van der Waals surface area (Å²) >= 11 is 0. The van der Waals surface area contributed by atoms with Crippen LogP contribution in [0, 0.1) is 46.6 Å². The number of unbranched alkanes of at least 4 members (excludes halogenated alkanes) is 1. The summed E-state index contributed by atoms with van der Waals surface area (Å²) in [5.41, 5.74) is 0.202. The van der Waals surface area contributed by atoms with Gasteiger partial charge in [0.15, 0.2) is 0 Å². The van der Waals surface area contributed by atoms with E-state index in [1.165, 1.54) is 82.8 Å². The summed E-state index contributed by atoms with van der Waals surface area (Å²) < 4.78 is 33.1. The van der Waals surface area contributed by atoms with Crippen LogP contribution in [0.1, 0.15) is 88.2 Å². The lowest BCUT2D eigenvalue weighted by Crippen LogP contribution is -2.26. The summed E-state index contributed by atoms with van der Waals surface area (Å²) in [7, 11) is 0. The Bertz CT molecular complexity index is 732. The van der Waals surface area contributed by atoms with Crippen molar-refractivity contribution in [2.24, 2.45) is 23.7 Å². The smallest absolute Gasteiger partial charge is 0.144 e. The molecule has 2 nitrogen and oxygen atoms in total. The summed E-state index contributed by atoms with van der Waals surface area (Å²) in [6.45, 7) is 5.20. The zero-order chi connectivity index (χ0) is 22.8. The van der Waals surface area contributed by atoms with Crippen LogP contribution in [0.5, 0.6) is 0 Å². The summed E-state index contributed by atoms with van der Waals surface area (Å²) in [4.78, 5) is 0. The maximum Gasteiger partial charge on any atom is 0.144 e. The van der Waals surface area contributed by atoms with E-state index >= 15 is 0 Å². The Morgan fingerprint density at radius 1 is 0.906 bits per heavy atom. The van der Waals surface area contributed by atoms with Gasteiger partial charge in [-0.2, -0.15) is 5.26 Å². The first kappa shape index (κ1) is 24.9. The number of aryl methyl sites for hydroxylation is 1. The predicted octanol–water partition coefficient (Wildman–Crippen LogP) is 7.75. The molecule has 0 bridgehead atoms. The van der Waals surface area contributed by atoms with Crippen LogP contribution in [0.15, 0.2) is 24.8 Å². The molecule has 0 radical (unpaired) electrons. The number of nitriles is 1. The van der Waals surface area contributed by atoms with Crippen molar-refractivity contribution in [2.75, 3.05) is 13.2 Å². The molecule has 0 heterocycles. The van der Waals surface area contributed by atoms with Crippen LogP contribution in [0.25, 0.3) is 0 Å². The van der Waals surface area contributed by atoms with Crippen LogP contribution < -0.4 is 0 Å². The van der Waals surface area contributed by atoms with Crippen LogP contribution in [-0.2, 0) is 11.2 Å². The highest BCUT2D eigenvalue weighted by Crippen LogP contribution is 2.43. The molecule has 2 aliphatic carbocycles. The fraction of sp³-hybridized carbons (Fsp3) is 0.679. The molecule has 1 aromatic rings. The molecule has 0 amide bonds. The van der Waals surface area contributed by atoms with Crippen LogP contribution in [-0.4, -0.2) is 13.2 Å². The number of nitrogens with zero attached hydrogens (tertiary/aromatic N) is 1. The van der Waals surface area contributed by atoms with E-state index in [0.717, 1.165) is 30.8 Å². The van der Waals surface area contributed by atoms with Gasteiger partial charge in [0.25, 0.3) is 0 Å². The van der Waals surface area contributed by atoms with Crippen molar-refractivity contribution in [1.82, 2.24) is 0 Å². The minimum absolute atomic E-state index is 0.471. The second-order valence-electron chi connectivity index (χ2n) is 10.0. The van der Waals surface area contributed by atoms with Crippen molar-refractivity contribution in [3.8, 4) is 6.07 Å². The summed E-state index contributed by atoms with van der Waals surface area (Å²) in [5, 5.41) is 8.81. The summed E-state index contributed by atoms with van der Waals surface area (Å²) in [5.74, 6) is 1.89. The highest BCUT2D eigenvalue weighted by Gasteiger charge is 2.30. The average Bonchev–Trinajstić information content (AvgIpc) is 2.81. The molecule has 2 aliphatic rings. The second-order valence-corrected chi connectivity index (χ2v) is 10.0. The molecule has 2 fully saturated rings. The molecule has 0 N–H and O–H groups in total. The van der Waals surface area contributed by atoms with Gasteiger partial charge in [0.1, 0.15) is 23.3 Å². The van der Waals surface area contributed by atoms with Gasteiger partial charge in [-0.3, -0.25) is 0 Å². The van der Waals surface area contributed by atoms with Gasteiger partial charge in [-0.25, -0.2) is 8.78 Å². The van der Waals surface area contributed by atoms with Gasteiger partial charge < -0.3 is 4.74 Å². The van der Waals surface area contributed by atoms with Gasteiger partial charge in [0, 0.05) is 6.61 Å². The van der Waals surface area contributed by atoms with Gasteiger partial charge in [-0.1, -0.05) is 44.6 Å². The molecule has 1 aromatic carbocycles. The lowest BCUT2D eigenvalue weighted by Gasteiger charge is -2.38. The fourth-order valence-electron chi connectivity index (χ4n) is 5.95. The van der Waals surface area contributed by atoms with E-state index in [9.17, 15) is 8.78 Å². The molecule has 3 rings (SSSR count). The molecule has 0 spiro atoms. The highest BCUT2D eigenvalue weighted by molar-refractivity contribution is 5.35. The molecule has 4 heteroatoms. The van der Waals surface area contributed by atoms with Crippen molar-refractivity contribution >= 4 is 0 Å². The highest BCUT2D eigenvalue weighted by atomic mass is 19.1. The number of benzene rings is 1. The van der Waals surface area contributed by atoms with E-state index in [0.29, 0.717) is 24.5 Å². The van der Waals surface area contributed by atoms with Gasteiger partial charge in [-0.15, -0.1) is 6.58 Å². The Morgan fingerprint density at radius 3 is 2.00 bits per heavy atom. The Morgan fingerprint density at radius 2 is 1.47 bits per heavy atom. The molecule has 176 valence electrons. The normalized spacial score (nSPS) is 25.9. The maximum atomic E-state index is 13.8. The third-order valence-electron chi connectivity index (χ3n) is 7.89. The summed E-state index contributed by atoms with van der Waals surface area (Å²) in [6, 6.07) is 4.26. The van der Waals surface area contributed by atoms with Crippen LogP contribution in [0.3, 0.4) is 0 Å². The number of ether oxygens (including phenoxy) is 1. The molecule has 0 atom stereocenters. The lowest BCUT2D eigenvalue weighted by atomic mass is 9.68. The standard InChI is InChI=1S/C28H39F2NO/c1-2-16-32-17-4-3-5-21-8-12-24(13-9-21)25-14-10-22(11-15-25)6-7-23-18-27(29)26(20-31)28(30)19-23/h2,18-19,21-22,24-25H,1,3-17H2. The van der Waals surface area contributed by atoms with Crippen molar-refractivity contribution in [3.63, 3.8) is 0 Å². The first-order valence-corrected chi connectivity index (χ1v) is 12.7. The Kier molecular flexibility index (Phi) is 10.2. The third kappa shape index (κ3) is 7.41. The Hall–Kier alpha value is -1.73. The van der Waals surface area contributed by atoms with E-state index in [2.05, 4.69) is 6.58 Å². The first-order chi connectivity index (χ1) is 15.6. The van der Waals surface area contributed by atoms with Crippen molar-refractivity contribution in [2.45, 2.75) is 83.5 Å². The minimum Gasteiger partial charge on any atom is -0.377 e. The zero-order valence-electron chi connectivity index (χ0n) is 19.5. The minimum atomic E-state index is -0.733. The van der Waals surface area contributed by atoms with Crippen molar-refractivity contribution in [1.29, 1.82) is 5.26 Å². The largest absolute Gasteiger partial charge is 0.377 e. The molecular formula is C28H39F2NO. The SMILES string of the molecule is C=CCOCCCCC1CCC(C2CCC(CCc3cc(F)c(C#N)c(F)c3)CC2)CC1. The van der Waals surface area contributed by atoms with Crippen LogP contribution in [0.4, 0.5) is 8.78 Å². The number of hydrogen-bond acceptors (Lipinski definition) is 2. The number of hydrogen-bond donors (Lipinski definition) is 0. The van der Waals surface area contributed by atoms with Gasteiger partial charge in [0.05, 0.1) is 6.61 Å². The topological polar surface area (TPSA) is 33.0 Å². The molecule has 0 aliphatic heterocycles. The van der Waals surface area contributed by atoms with Gasteiger partial charge in [0.2, 0.25) is 0 Å². The lowest BCUT2D eigenvalue weighted by molar-refractivity contribution is 0.135. The fourth-order valence-corrected chi connectivity index (χ4v) is 5.95. The van der Waals surface area contributed by atoms with Crippen LogP contribution >= 0.6 is 0 Å². The quantitative estimate of drug-likeness (QED) is 0.259. The van der Waals surface area contributed by atoms with Gasteiger partial charge in [-0.05, 0) is 86.3 Å². The average molecular weight is 444 g/mol. The van der Waals surface area contributed by atoms with E-state index in [1.54, 1.807) is 6.07 Å². The maximum absolute atomic E-state index is 13.8. The second kappa shape index (κ2) is 13.1. The van der Waals surface area contributed by atoms with E-state index < -0.39 is 17.2 Å². The number of halogens is 2. The molecule has 0 unspecified atom stereocenters. The zero-order valence-corrected chi connectivity index (χ0v) is 19.5. The third-order valence-corrected chi connectivity index (χ3v) is 7.89. The molecule has 32 heavy (non-hydrogen) atoms. The van der Waals surface area contributed by atoms with Gasteiger partial charge >= 0.3 is 0 Å². The summed E-state index contributed by atoms with van der Waals surface area (Å²) in [6.07, 6.45) is 18.0. The molecule has 2 saturated carbocycles.